The van der Waals surface area contributed by atoms with Gasteiger partial charge in [-0.3, -0.25) is 4.79 Å². The van der Waals surface area contributed by atoms with E-state index in [0.717, 1.165) is 17.4 Å². The highest BCUT2D eigenvalue weighted by Crippen LogP contribution is 2.24. The first-order valence-electron chi connectivity index (χ1n) is 6.28. The molecule has 0 aliphatic carbocycles. The highest BCUT2D eigenvalue weighted by atomic mass is 79.9. The Hall–Kier alpha value is -0.920. The van der Waals surface area contributed by atoms with E-state index in [9.17, 15) is 13.6 Å². The number of ether oxygens (including phenoxy) is 1. The number of hydrogen-bond donors (Lipinski definition) is 2. The van der Waals surface area contributed by atoms with Crippen LogP contribution in [0.2, 0.25) is 0 Å². The molecule has 2 N–H and O–H groups in total. The molecule has 1 aromatic carbocycles. The van der Waals surface area contributed by atoms with E-state index in [2.05, 4.69) is 31.3 Å². The van der Waals surface area contributed by atoms with Crippen LogP contribution in [-0.4, -0.2) is 25.6 Å². The Labute approximate surface area is 136 Å². The number of hydrogen-bond acceptors (Lipinski definition) is 3. The van der Waals surface area contributed by atoms with E-state index in [1.54, 1.807) is 12.1 Å². The summed E-state index contributed by atoms with van der Waals surface area (Å²) < 4.78 is 29.8. The first-order chi connectivity index (χ1) is 9.56. The quantitative estimate of drug-likeness (QED) is 0.819. The third kappa shape index (κ3) is 5.41. The predicted molar refractivity (Wildman–Crippen MR) is 80.8 cm³/mol. The number of carbonyl (C=O) groups excluding carboxylic acids is 1. The van der Waals surface area contributed by atoms with Gasteiger partial charge in [0.1, 0.15) is 5.75 Å². The zero-order valence-corrected chi connectivity index (χ0v) is 13.5. The second-order valence-electron chi connectivity index (χ2n) is 4.54. The zero-order chi connectivity index (χ0) is 14.5. The molecule has 1 aromatic rings. The summed E-state index contributed by atoms with van der Waals surface area (Å²) in [5, 5.41) is 5.86. The molecule has 1 fully saturated rings. The van der Waals surface area contributed by atoms with Gasteiger partial charge in [-0.25, -0.2) is 0 Å². The smallest absolute Gasteiger partial charge is 0.387 e. The van der Waals surface area contributed by atoms with Gasteiger partial charge in [-0.05, 0) is 31.2 Å². The second kappa shape index (κ2) is 8.51. The molecule has 1 aliphatic heterocycles. The first-order valence-corrected chi connectivity index (χ1v) is 7.07. The van der Waals surface area contributed by atoms with Crippen molar-refractivity contribution in [3.63, 3.8) is 0 Å². The molecule has 21 heavy (non-hydrogen) atoms. The number of carbonyl (C=O) groups is 1. The van der Waals surface area contributed by atoms with Crippen LogP contribution in [0.1, 0.15) is 12.0 Å². The minimum absolute atomic E-state index is 0. The van der Waals surface area contributed by atoms with E-state index >= 15 is 0 Å². The fraction of sp³-hybridized carbons (Fsp3) is 0.462. The Kier molecular flexibility index (Phi) is 7.34. The monoisotopic (exact) mass is 384 g/mol. The molecule has 1 heterocycles. The van der Waals surface area contributed by atoms with Gasteiger partial charge >= 0.3 is 6.61 Å². The summed E-state index contributed by atoms with van der Waals surface area (Å²) in [5.41, 5.74) is 0.513. The van der Waals surface area contributed by atoms with Gasteiger partial charge in [-0.15, -0.1) is 12.4 Å². The molecule has 1 amide bonds. The second-order valence-corrected chi connectivity index (χ2v) is 5.45. The van der Waals surface area contributed by atoms with Gasteiger partial charge in [0.05, 0.1) is 5.92 Å². The number of amides is 1. The molecule has 1 unspecified atom stereocenters. The van der Waals surface area contributed by atoms with Crippen molar-refractivity contribution in [3.05, 3.63) is 28.2 Å². The Morgan fingerprint density at radius 3 is 2.90 bits per heavy atom. The van der Waals surface area contributed by atoms with Gasteiger partial charge in [0, 0.05) is 23.1 Å². The van der Waals surface area contributed by atoms with E-state index in [-0.39, 0.29) is 36.5 Å². The van der Waals surface area contributed by atoms with Crippen LogP contribution in [0.25, 0.3) is 0 Å². The van der Waals surface area contributed by atoms with Gasteiger partial charge in [-0.1, -0.05) is 15.9 Å². The van der Waals surface area contributed by atoms with Crippen LogP contribution in [-0.2, 0) is 11.3 Å². The van der Waals surface area contributed by atoms with Crippen molar-refractivity contribution in [2.45, 2.75) is 19.6 Å². The van der Waals surface area contributed by atoms with Crippen LogP contribution in [0.3, 0.4) is 0 Å². The van der Waals surface area contributed by atoms with Crippen molar-refractivity contribution in [2.24, 2.45) is 5.92 Å². The Balaban J connectivity index is 0.00000220. The number of nitrogens with one attached hydrogen (secondary N) is 2. The molecule has 0 aromatic heterocycles. The maximum absolute atomic E-state index is 12.3. The third-order valence-electron chi connectivity index (χ3n) is 3.12. The fourth-order valence-corrected chi connectivity index (χ4v) is 2.51. The minimum atomic E-state index is -2.88. The lowest BCUT2D eigenvalue weighted by Gasteiger charge is -2.14. The van der Waals surface area contributed by atoms with Crippen LogP contribution < -0.4 is 15.4 Å². The average molecular weight is 386 g/mol. The average Bonchev–Trinajstić information content (AvgIpc) is 2.92. The van der Waals surface area contributed by atoms with Gasteiger partial charge in [0.15, 0.2) is 0 Å². The molecule has 0 saturated carbocycles. The van der Waals surface area contributed by atoms with E-state index in [1.807, 2.05) is 0 Å². The van der Waals surface area contributed by atoms with Crippen LogP contribution in [0.4, 0.5) is 8.78 Å². The SMILES string of the molecule is Cl.O=C(NCc1cc(Br)ccc1OC(F)F)C1CCNC1. The number of benzene rings is 1. The lowest BCUT2D eigenvalue weighted by Crippen LogP contribution is -2.31. The molecule has 1 atom stereocenters. The topological polar surface area (TPSA) is 50.4 Å². The van der Waals surface area contributed by atoms with Gasteiger partial charge in [0.2, 0.25) is 5.91 Å². The van der Waals surface area contributed by atoms with Crippen molar-refractivity contribution in [1.29, 1.82) is 0 Å². The summed E-state index contributed by atoms with van der Waals surface area (Å²) in [6.07, 6.45) is 0.796. The standard InChI is InChI=1S/C13H15BrF2N2O2.ClH/c14-10-1-2-11(20-13(15)16)9(5-10)7-18-12(19)8-3-4-17-6-8;/h1-2,5,8,13,17H,3-4,6-7H2,(H,18,19);1H. The van der Waals surface area contributed by atoms with Crippen molar-refractivity contribution >= 4 is 34.2 Å². The zero-order valence-electron chi connectivity index (χ0n) is 11.1. The summed E-state index contributed by atoms with van der Waals surface area (Å²) >= 11 is 3.27. The maximum atomic E-state index is 12.3. The van der Waals surface area contributed by atoms with Crippen molar-refractivity contribution in [2.75, 3.05) is 13.1 Å². The van der Waals surface area contributed by atoms with Crippen molar-refractivity contribution < 1.29 is 18.3 Å². The van der Waals surface area contributed by atoms with Crippen molar-refractivity contribution in [3.8, 4) is 5.75 Å². The summed E-state index contributed by atoms with van der Waals surface area (Å²) in [6.45, 7) is -1.24. The van der Waals surface area contributed by atoms with Crippen LogP contribution in [0.5, 0.6) is 5.75 Å². The Morgan fingerprint density at radius 1 is 1.52 bits per heavy atom. The first kappa shape index (κ1) is 18.1. The molecule has 0 radical (unpaired) electrons. The maximum Gasteiger partial charge on any atom is 0.387 e. The molecule has 8 heteroatoms. The fourth-order valence-electron chi connectivity index (χ4n) is 2.10. The van der Waals surface area contributed by atoms with Crippen molar-refractivity contribution in [1.82, 2.24) is 10.6 Å². The minimum Gasteiger partial charge on any atom is -0.434 e. The van der Waals surface area contributed by atoms with Crippen LogP contribution in [0, 0.1) is 5.92 Å². The van der Waals surface area contributed by atoms with Crippen LogP contribution in [0.15, 0.2) is 22.7 Å². The highest BCUT2D eigenvalue weighted by molar-refractivity contribution is 9.10. The lowest BCUT2D eigenvalue weighted by molar-refractivity contribution is -0.124. The molecule has 2 rings (SSSR count). The number of halogens is 4. The summed E-state index contributed by atoms with van der Waals surface area (Å²) in [7, 11) is 0. The highest BCUT2D eigenvalue weighted by Gasteiger charge is 2.22. The molecule has 0 bridgehead atoms. The Morgan fingerprint density at radius 2 is 2.29 bits per heavy atom. The van der Waals surface area contributed by atoms with E-state index in [0.29, 0.717) is 12.1 Å². The normalized spacial score (nSPS) is 17.4. The number of rotatable bonds is 5. The molecule has 118 valence electrons. The summed E-state index contributed by atoms with van der Waals surface area (Å²) in [4.78, 5) is 11.9. The van der Waals surface area contributed by atoms with E-state index in [1.165, 1.54) is 6.07 Å². The lowest BCUT2D eigenvalue weighted by atomic mass is 10.1. The van der Waals surface area contributed by atoms with Gasteiger partial charge in [0.25, 0.3) is 0 Å². The Bertz CT molecular complexity index is 485. The number of alkyl halides is 2. The molecule has 1 saturated heterocycles. The summed E-state index contributed by atoms with van der Waals surface area (Å²) in [6, 6.07) is 4.73. The largest absolute Gasteiger partial charge is 0.434 e. The van der Waals surface area contributed by atoms with Gasteiger partial charge < -0.3 is 15.4 Å². The molecule has 0 spiro atoms. The predicted octanol–water partition coefficient (Wildman–Crippen LogP) is 2.70. The molecule has 4 nitrogen and oxygen atoms in total. The molecular formula is C13H16BrClF2N2O2. The molecular weight excluding hydrogens is 370 g/mol. The van der Waals surface area contributed by atoms with E-state index in [4.69, 9.17) is 0 Å². The molecule has 1 aliphatic rings. The van der Waals surface area contributed by atoms with Crippen LogP contribution >= 0.6 is 28.3 Å². The summed E-state index contributed by atoms with van der Waals surface area (Å²) in [5.74, 6) is -0.0485. The van der Waals surface area contributed by atoms with E-state index < -0.39 is 6.61 Å². The van der Waals surface area contributed by atoms with Gasteiger partial charge in [-0.2, -0.15) is 8.78 Å². The third-order valence-corrected chi connectivity index (χ3v) is 3.62.